The minimum atomic E-state index is -0.218. The number of pyridine rings is 1. The van der Waals surface area contributed by atoms with Crippen LogP contribution in [0, 0.1) is 6.92 Å². The van der Waals surface area contributed by atoms with E-state index in [0.29, 0.717) is 11.5 Å². The Morgan fingerprint density at radius 2 is 1.85 bits per heavy atom. The number of hydrogen-bond donors (Lipinski definition) is 2. The number of carbonyl (C=O) groups excluding carboxylic acids is 1. The van der Waals surface area contributed by atoms with Crippen molar-refractivity contribution in [3.05, 3.63) is 65.2 Å². The SMILES string of the molecule is CCc1cccc(CC)c1NC(=O)c1ccc(Nc2cc(C)on2)cn1. The van der Waals surface area contributed by atoms with Gasteiger partial charge in [-0.2, -0.15) is 0 Å². The normalized spacial score (nSPS) is 10.6. The lowest BCUT2D eigenvalue weighted by atomic mass is 10.0. The number of para-hydroxylation sites is 1. The summed E-state index contributed by atoms with van der Waals surface area (Å²) in [7, 11) is 0. The van der Waals surface area contributed by atoms with Crippen molar-refractivity contribution < 1.29 is 9.32 Å². The maximum atomic E-state index is 12.6. The largest absolute Gasteiger partial charge is 0.360 e. The highest BCUT2D eigenvalue weighted by molar-refractivity contribution is 6.03. The minimum absolute atomic E-state index is 0.218. The molecule has 0 aliphatic heterocycles. The van der Waals surface area contributed by atoms with Gasteiger partial charge in [-0.05, 0) is 43.0 Å². The van der Waals surface area contributed by atoms with E-state index >= 15 is 0 Å². The predicted molar refractivity (Wildman–Crippen MR) is 102 cm³/mol. The Hall–Kier alpha value is -3.15. The third-order valence-electron chi connectivity index (χ3n) is 4.13. The standard InChI is InChI=1S/C20H22N4O2/c1-4-14-7-6-8-15(5-2)19(14)23-20(25)17-10-9-16(12-21-17)22-18-11-13(3)26-24-18/h6-12H,4-5H2,1-3H3,(H,22,24)(H,23,25). The Labute approximate surface area is 152 Å². The number of aryl methyl sites for hydroxylation is 3. The molecule has 0 fully saturated rings. The lowest BCUT2D eigenvalue weighted by Crippen LogP contribution is -2.16. The number of benzene rings is 1. The average molecular weight is 350 g/mol. The van der Waals surface area contributed by atoms with Crippen molar-refractivity contribution in [2.75, 3.05) is 10.6 Å². The molecular weight excluding hydrogens is 328 g/mol. The number of rotatable bonds is 6. The number of nitrogens with zero attached hydrogens (tertiary/aromatic N) is 2. The Kier molecular flexibility index (Phi) is 5.31. The molecule has 0 spiro atoms. The highest BCUT2D eigenvalue weighted by Gasteiger charge is 2.13. The predicted octanol–water partition coefficient (Wildman–Crippen LogP) is 4.50. The van der Waals surface area contributed by atoms with Gasteiger partial charge in [-0.15, -0.1) is 0 Å². The zero-order valence-corrected chi connectivity index (χ0v) is 15.2. The minimum Gasteiger partial charge on any atom is -0.360 e. The fourth-order valence-corrected chi connectivity index (χ4v) is 2.76. The molecule has 2 N–H and O–H groups in total. The van der Waals surface area contributed by atoms with Crippen LogP contribution in [0.5, 0.6) is 0 Å². The van der Waals surface area contributed by atoms with E-state index in [1.807, 2.05) is 25.1 Å². The van der Waals surface area contributed by atoms with Crippen LogP contribution in [0.3, 0.4) is 0 Å². The number of carbonyl (C=O) groups is 1. The average Bonchev–Trinajstić information content (AvgIpc) is 3.07. The second-order valence-electron chi connectivity index (χ2n) is 5.99. The van der Waals surface area contributed by atoms with Gasteiger partial charge in [0.25, 0.3) is 5.91 Å². The van der Waals surface area contributed by atoms with Crippen LogP contribution < -0.4 is 10.6 Å². The Morgan fingerprint density at radius 1 is 1.12 bits per heavy atom. The molecule has 1 amide bonds. The van der Waals surface area contributed by atoms with E-state index in [1.54, 1.807) is 24.4 Å². The van der Waals surface area contributed by atoms with Crippen LogP contribution in [0.2, 0.25) is 0 Å². The van der Waals surface area contributed by atoms with Gasteiger partial charge in [0, 0.05) is 11.8 Å². The second-order valence-corrected chi connectivity index (χ2v) is 5.99. The van der Waals surface area contributed by atoms with Crippen molar-refractivity contribution in [1.82, 2.24) is 10.1 Å². The van der Waals surface area contributed by atoms with Crippen molar-refractivity contribution in [1.29, 1.82) is 0 Å². The summed E-state index contributed by atoms with van der Waals surface area (Å²) in [6.07, 6.45) is 3.32. The molecule has 0 aliphatic carbocycles. The van der Waals surface area contributed by atoms with Gasteiger partial charge in [0.2, 0.25) is 0 Å². The first-order chi connectivity index (χ1) is 12.6. The quantitative estimate of drug-likeness (QED) is 0.684. The Balaban J connectivity index is 1.74. The summed E-state index contributed by atoms with van der Waals surface area (Å²) in [6, 6.07) is 11.4. The molecule has 6 nitrogen and oxygen atoms in total. The van der Waals surface area contributed by atoms with E-state index in [-0.39, 0.29) is 5.91 Å². The second kappa shape index (κ2) is 7.82. The highest BCUT2D eigenvalue weighted by atomic mass is 16.5. The van der Waals surface area contributed by atoms with Crippen molar-refractivity contribution in [3.8, 4) is 0 Å². The Morgan fingerprint density at radius 3 is 2.38 bits per heavy atom. The number of aromatic nitrogens is 2. The molecule has 3 aromatic rings. The molecular formula is C20H22N4O2. The lowest BCUT2D eigenvalue weighted by molar-refractivity contribution is 0.102. The van der Waals surface area contributed by atoms with Crippen LogP contribution in [-0.2, 0) is 12.8 Å². The summed E-state index contributed by atoms with van der Waals surface area (Å²) in [5.74, 6) is 1.10. The topological polar surface area (TPSA) is 80.0 Å². The molecule has 6 heteroatoms. The first-order valence-corrected chi connectivity index (χ1v) is 8.69. The molecule has 0 bridgehead atoms. The van der Waals surface area contributed by atoms with E-state index in [4.69, 9.17) is 4.52 Å². The molecule has 0 saturated carbocycles. The van der Waals surface area contributed by atoms with E-state index in [0.717, 1.165) is 41.1 Å². The van der Waals surface area contributed by atoms with Crippen LogP contribution in [-0.4, -0.2) is 16.0 Å². The maximum absolute atomic E-state index is 12.6. The van der Waals surface area contributed by atoms with Gasteiger partial charge in [0.05, 0.1) is 11.9 Å². The van der Waals surface area contributed by atoms with E-state index < -0.39 is 0 Å². The van der Waals surface area contributed by atoms with Gasteiger partial charge in [0.1, 0.15) is 11.5 Å². The van der Waals surface area contributed by atoms with Gasteiger partial charge < -0.3 is 15.2 Å². The monoisotopic (exact) mass is 350 g/mol. The van der Waals surface area contributed by atoms with Gasteiger partial charge in [-0.1, -0.05) is 37.2 Å². The fourth-order valence-electron chi connectivity index (χ4n) is 2.76. The summed E-state index contributed by atoms with van der Waals surface area (Å²) < 4.78 is 5.01. The first kappa shape index (κ1) is 17.7. The van der Waals surface area contributed by atoms with Gasteiger partial charge in [-0.3, -0.25) is 4.79 Å². The lowest BCUT2D eigenvalue weighted by Gasteiger charge is -2.14. The smallest absolute Gasteiger partial charge is 0.274 e. The zero-order chi connectivity index (χ0) is 18.5. The summed E-state index contributed by atoms with van der Waals surface area (Å²) in [5, 5.41) is 9.97. The molecule has 0 unspecified atom stereocenters. The summed E-state index contributed by atoms with van der Waals surface area (Å²) in [5.41, 5.74) is 4.23. The zero-order valence-electron chi connectivity index (χ0n) is 15.2. The van der Waals surface area contributed by atoms with Gasteiger partial charge in [0.15, 0.2) is 5.82 Å². The van der Waals surface area contributed by atoms with Crippen LogP contribution in [0.15, 0.2) is 47.1 Å². The summed E-state index contributed by atoms with van der Waals surface area (Å²) in [6.45, 7) is 5.98. The molecule has 134 valence electrons. The summed E-state index contributed by atoms with van der Waals surface area (Å²) in [4.78, 5) is 16.9. The number of hydrogen-bond acceptors (Lipinski definition) is 5. The van der Waals surface area contributed by atoms with Crippen molar-refractivity contribution >= 4 is 23.1 Å². The van der Waals surface area contributed by atoms with Crippen molar-refractivity contribution in [2.45, 2.75) is 33.6 Å². The number of amides is 1. The van der Waals surface area contributed by atoms with Gasteiger partial charge in [-0.25, -0.2) is 4.98 Å². The van der Waals surface area contributed by atoms with E-state index in [9.17, 15) is 4.79 Å². The van der Waals surface area contributed by atoms with Crippen LogP contribution >= 0.6 is 0 Å². The molecule has 1 aromatic carbocycles. The van der Waals surface area contributed by atoms with Gasteiger partial charge >= 0.3 is 0 Å². The fraction of sp³-hybridized carbons (Fsp3) is 0.250. The molecule has 0 aliphatic rings. The molecule has 0 radical (unpaired) electrons. The van der Waals surface area contributed by atoms with Crippen molar-refractivity contribution in [3.63, 3.8) is 0 Å². The molecule has 3 rings (SSSR count). The number of nitrogens with one attached hydrogen (secondary N) is 2. The third kappa shape index (κ3) is 3.91. The van der Waals surface area contributed by atoms with E-state index in [1.165, 1.54) is 0 Å². The van der Waals surface area contributed by atoms with Crippen LogP contribution in [0.25, 0.3) is 0 Å². The molecule has 0 saturated heterocycles. The van der Waals surface area contributed by atoms with Crippen LogP contribution in [0.1, 0.15) is 41.2 Å². The van der Waals surface area contributed by atoms with E-state index in [2.05, 4.69) is 34.6 Å². The summed E-state index contributed by atoms with van der Waals surface area (Å²) >= 11 is 0. The first-order valence-electron chi connectivity index (χ1n) is 8.69. The molecule has 0 atom stereocenters. The van der Waals surface area contributed by atoms with Crippen LogP contribution in [0.4, 0.5) is 17.2 Å². The Bertz CT molecular complexity index is 878. The molecule has 2 heterocycles. The maximum Gasteiger partial charge on any atom is 0.274 e. The molecule has 26 heavy (non-hydrogen) atoms. The van der Waals surface area contributed by atoms with Crippen molar-refractivity contribution in [2.24, 2.45) is 0 Å². The molecule has 2 aromatic heterocycles. The number of anilines is 3. The third-order valence-corrected chi connectivity index (χ3v) is 4.13. The highest BCUT2D eigenvalue weighted by Crippen LogP contribution is 2.23.